The molecule has 1 aromatic heterocycles. The average Bonchev–Trinajstić information content (AvgIpc) is 3.08. The predicted molar refractivity (Wildman–Crippen MR) is 194 cm³/mol. The molecule has 6 rings (SSSR count). The molecular formula is C40H38N4O4. The first-order valence-electron chi connectivity index (χ1n) is 16.1. The molecule has 0 unspecified atom stereocenters. The van der Waals surface area contributed by atoms with E-state index in [2.05, 4.69) is 19.2 Å². The molecule has 1 N–H and O–H groups in total. The lowest BCUT2D eigenvalue weighted by Crippen LogP contribution is -2.21. The number of benzene rings is 5. The molecule has 0 radical (unpaired) electrons. The van der Waals surface area contributed by atoms with Gasteiger partial charge in [-0.1, -0.05) is 74.0 Å². The summed E-state index contributed by atoms with van der Waals surface area (Å²) >= 11 is 0. The summed E-state index contributed by atoms with van der Waals surface area (Å²) in [6.45, 7) is 10.5. The summed E-state index contributed by atoms with van der Waals surface area (Å²) in [5.41, 5.74) is 5.41. The topological polar surface area (TPSA) is 94.8 Å². The van der Waals surface area contributed by atoms with Gasteiger partial charge in [-0.05, 0) is 91.1 Å². The molecule has 5 aromatic carbocycles. The van der Waals surface area contributed by atoms with E-state index in [0.717, 1.165) is 38.8 Å². The second-order valence-corrected chi connectivity index (χ2v) is 12.0. The van der Waals surface area contributed by atoms with Crippen molar-refractivity contribution in [3.63, 3.8) is 0 Å². The Morgan fingerprint density at radius 1 is 0.896 bits per heavy atom. The molecule has 0 bridgehead atoms. The summed E-state index contributed by atoms with van der Waals surface area (Å²) in [7, 11) is 0. The van der Waals surface area contributed by atoms with E-state index in [1.807, 2.05) is 112 Å². The van der Waals surface area contributed by atoms with Crippen molar-refractivity contribution in [2.75, 3.05) is 18.5 Å². The van der Waals surface area contributed by atoms with Gasteiger partial charge in [0.25, 0.3) is 11.5 Å². The van der Waals surface area contributed by atoms with Crippen molar-refractivity contribution >= 4 is 39.5 Å². The van der Waals surface area contributed by atoms with E-state index in [9.17, 15) is 9.59 Å². The number of anilines is 1. The lowest BCUT2D eigenvalue weighted by Gasteiger charge is -2.18. The molecule has 0 aliphatic rings. The van der Waals surface area contributed by atoms with Gasteiger partial charge in [-0.15, -0.1) is 0 Å². The quantitative estimate of drug-likeness (QED) is 0.153. The highest BCUT2D eigenvalue weighted by molar-refractivity contribution is 6.03. The van der Waals surface area contributed by atoms with Crippen LogP contribution in [0.15, 0.2) is 107 Å². The number of rotatable bonds is 10. The molecule has 0 spiro atoms. The number of fused-ring (bicyclic) bond motifs is 2. The first-order chi connectivity index (χ1) is 23.2. The Morgan fingerprint density at radius 2 is 1.62 bits per heavy atom. The molecule has 0 saturated heterocycles. The fourth-order valence-corrected chi connectivity index (χ4v) is 5.70. The van der Waals surface area contributed by atoms with Crippen LogP contribution >= 0.6 is 0 Å². The summed E-state index contributed by atoms with van der Waals surface area (Å²) in [4.78, 5) is 31.9. The largest absolute Gasteiger partial charge is 0.494 e. The van der Waals surface area contributed by atoms with Gasteiger partial charge >= 0.3 is 0 Å². The lowest BCUT2D eigenvalue weighted by atomic mass is 9.96. The molecule has 48 heavy (non-hydrogen) atoms. The molecule has 0 fully saturated rings. The van der Waals surface area contributed by atoms with E-state index in [-0.39, 0.29) is 24.0 Å². The molecule has 1 amide bonds. The Hall–Kier alpha value is -5.76. The maximum absolute atomic E-state index is 14.1. The van der Waals surface area contributed by atoms with Gasteiger partial charge in [0.15, 0.2) is 12.4 Å². The summed E-state index contributed by atoms with van der Waals surface area (Å²) in [6, 6.07) is 30.5. The van der Waals surface area contributed by atoms with Crippen LogP contribution in [0, 0.1) is 13.8 Å². The second kappa shape index (κ2) is 13.9. The molecule has 0 saturated carbocycles. The zero-order chi connectivity index (χ0) is 33.8. The molecule has 8 nitrogen and oxygen atoms in total. The van der Waals surface area contributed by atoms with E-state index in [0.29, 0.717) is 40.3 Å². The average molecular weight is 639 g/mol. The normalized spacial score (nSPS) is 11.5. The Balaban J connectivity index is 1.45. The second-order valence-electron chi connectivity index (χ2n) is 12.0. The fourth-order valence-electron chi connectivity index (χ4n) is 5.70. The maximum atomic E-state index is 14.1. The van der Waals surface area contributed by atoms with Crippen molar-refractivity contribution < 1.29 is 14.3 Å². The number of hydrogen-bond donors (Lipinski definition) is 1. The number of nitrogens with one attached hydrogen (secondary N) is 1. The number of amides is 1. The number of carbonyl (C=O) groups excluding carboxylic acids is 1. The van der Waals surface area contributed by atoms with Crippen LogP contribution in [0.2, 0.25) is 0 Å². The molecule has 242 valence electrons. The lowest BCUT2D eigenvalue weighted by molar-refractivity contribution is -0.118. The number of aryl methyl sites for hydroxylation is 2. The van der Waals surface area contributed by atoms with Crippen LogP contribution in [0.3, 0.4) is 0 Å². The monoisotopic (exact) mass is 638 g/mol. The van der Waals surface area contributed by atoms with Gasteiger partial charge in [0, 0.05) is 16.8 Å². The zero-order valence-electron chi connectivity index (χ0n) is 27.8. The van der Waals surface area contributed by atoms with E-state index in [1.54, 1.807) is 12.3 Å². The van der Waals surface area contributed by atoms with Crippen molar-refractivity contribution in [1.82, 2.24) is 9.66 Å². The minimum Gasteiger partial charge on any atom is -0.494 e. The highest BCUT2D eigenvalue weighted by atomic mass is 16.5. The zero-order valence-corrected chi connectivity index (χ0v) is 27.8. The standard InChI is InChI=1S/C40H38N4O4/c1-6-47-37-21-27(5)33(22-32(37)25(2)3)39-43-35-14-10-9-13-31(35)40(46)44(39)41-23-34-30-12-8-7-11-28(30)17-20-36(34)48-24-38(45)42-29-18-15-26(4)16-19-29/h7-23,25H,6,24H2,1-5H3,(H,42,45). The molecule has 8 heteroatoms. The van der Waals surface area contributed by atoms with Gasteiger partial charge in [0.1, 0.15) is 11.5 Å². The Kier molecular flexibility index (Phi) is 9.34. The van der Waals surface area contributed by atoms with Crippen molar-refractivity contribution in [1.29, 1.82) is 0 Å². The minimum absolute atomic E-state index is 0.175. The third-order valence-electron chi connectivity index (χ3n) is 8.20. The Labute approximate surface area is 279 Å². The molecule has 0 atom stereocenters. The number of ether oxygens (including phenoxy) is 2. The van der Waals surface area contributed by atoms with Gasteiger partial charge in [-0.2, -0.15) is 9.78 Å². The molecule has 1 heterocycles. The van der Waals surface area contributed by atoms with Crippen LogP contribution in [0.4, 0.5) is 5.69 Å². The fraction of sp³-hybridized carbons (Fsp3) is 0.200. The van der Waals surface area contributed by atoms with E-state index in [1.165, 1.54) is 4.68 Å². The number of hydrogen-bond acceptors (Lipinski definition) is 6. The van der Waals surface area contributed by atoms with Crippen LogP contribution in [0.25, 0.3) is 33.1 Å². The van der Waals surface area contributed by atoms with Crippen LogP contribution in [-0.2, 0) is 4.79 Å². The summed E-state index contributed by atoms with van der Waals surface area (Å²) in [5.74, 6) is 1.57. The third-order valence-corrected chi connectivity index (χ3v) is 8.20. The van der Waals surface area contributed by atoms with Crippen molar-refractivity contribution in [2.45, 2.75) is 40.5 Å². The van der Waals surface area contributed by atoms with Crippen molar-refractivity contribution in [2.24, 2.45) is 5.10 Å². The van der Waals surface area contributed by atoms with Crippen LogP contribution in [-0.4, -0.2) is 35.0 Å². The van der Waals surface area contributed by atoms with Crippen molar-refractivity contribution in [3.05, 3.63) is 130 Å². The smallest absolute Gasteiger partial charge is 0.282 e. The van der Waals surface area contributed by atoms with E-state index < -0.39 is 0 Å². The summed E-state index contributed by atoms with van der Waals surface area (Å²) in [6.07, 6.45) is 1.62. The SMILES string of the molecule is CCOc1cc(C)c(-c2nc3ccccc3c(=O)n2N=Cc2c(OCC(=O)Nc3ccc(C)cc3)ccc3ccccc23)cc1C(C)C. The first-order valence-corrected chi connectivity index (χ1v) is 16.1. The molecule has 0 aliphatic carbocycles. The van der Waals surface area contributed by atoms with Crippen molar-refractivity contribution in [3.8, 4) is 22.9 Å². The maximum Gasteiger partial charge on any atom is 0.282 e. The van der Waals surface area contributed by atoms with Gasteiger partial charge in [0.2, 0.25) is 0 Å². The highest BCUT2D eigenvalue weighted by Gasteiger charge is 2.19. The highest BCUT2D eigenvalue weighted by Crippen LogP contribution is 2.34. The molecule has 6 aromatic rings. The number of aromatic nitrogens is 2. The predicted octanol–water partition coefficient (Wildman–Crippen LogP) is 8.26. The van der Waals surface area contributed by atoms with Gasteiger partial charge in [0.05, 0.1) is 23.7 Å². The Morgan fingerprint density at radius 3 is 2.38 bits per heavy atom. The number of para-hydroxylation sites is 1. The van der Waals surface area contributed by atoms with E-state index in [4.69, 9.17) is 19.6 Å². The third kappa shape index (κ3) is 6.69. The molecule has 0 aliphatic heterocycles. The minimum atomic E-state index is -0.300. The van der Waals surface area contributed by atoms with Crippen LogP contribution in [0.5, 0.6) is 11.5 Å². The summed E-state index contributed by atoms with van der Waals surface area (Å²) < 4.78 is 13.4. The van der Waals surface area contributed by atoms with Crippen LogP contribution < -0.4 is 20.3 Å². The van der Waals surface area contributed by atoms with Crippen LogP contribution in [0.1, 0.15) is 48.9 Å². The number of nitrogens with zero attached hydrogens (tertiary/aromatic N) is 3. The van der Waals surface area contributed by atoms with E-state index >= 15 is 0 Å². The summed E-state index contributed by atoms with van der Waals surface area (Å²) in [5, 5.41) is 9.94. The molecular weight excluding hydrogens is 600 g/mol. The number of carbonyl (C=O) groups is 1. The first kappa shape index (κ1) is 32.2. The van der Waals surface area contributed by atoms with Gasteiger partial charge < -0.3 is 14.8 Å². The van der Waals surface area contributed by atoms with Gasteiger partial charge in [-0.25, -0.2) is 4.98 Å². The van der Waals surface area contributed by atoms with Gasteiger partial charge in [-0.3, -0.25) is 9.59 Å². The Bertz CT molecular complexity index is 2220.